The molecule has 10 heteroatoms. The molecule has 0 amide bonds. The van der Waals surface area contributed by atoms with Gasteiger partial charge in [0, 0.05) is 0 Å². The van der Waals surface area contributed by atoms with Gasteiger partial charge in [0.15, 0.2) is 0 Å². The molecule has 0 aromatic heterocycles. The van der Waals surface area contributed by atoms with E-state index in [1.54, 1.807) is 0 Å². The van der Waals surface area contributed by atoms with Crippen molar-refractivity contribution in [3.05, 3.63) is 0 Å². The first kappa shape index (κ1) is 17.0. The monoisotopic (exact) mass is 218 g/mol. The van der Waals surface area contributed by atoms with E-state index in [1.165, 1.54) is 0 Å². The van der Waals surface area contributed by atoms with Gasteiger partial charge in [-0.2, -0.15) is 8.42 Å². The molecule has 0 aromatic rings. The molecule has 0 saturated carbocycles. The number of hydrogen-bond acceptors (Lipinski definition) is 3. The van der Waals surface area contributed by atoms with Crippen LogP contribution in [0.2, 0.25) is 0 Å². The fourth-order valence-electron chi connectivity index (χ4n) is 0. The molecule has 0 atom stereocenters. The molecule has 0 aromatic carbocycles. The van der Waals surface area contributed by atoms with E-state index in [2.05, 4.69) is 0 Å². The third-order valence-electron chi connectivity index (χ3n) is 0. The summed E-state index contributed by atoms with van der Waals surface area (Å²) >= 11 is 0. The van der Waals surface area contributed by atoms with Crippen LogP contribution in [-0.4, -0.2) is 74.0 Å². The summed E-state index contributed by atoms with van der Waals surface area (Å²) in [6, 6.07) is 0. The number of rotatable bonds is 0. The molecule has 0 aliphatic heterocycles. The SMILES string of the molecule is O=S(=O)(O)O.O=[Si](O)O.[Ca+2].[H-].[H-]. The topological polar surface area (TPSA) is 132 Å². The molecular formula is H6CaO7SSi. The predicted octanol–water partition coefficient (Wildman–Crippen LogP) is -2.42. The van der Waals surface area contributed by atoms with Crippen molar-refractivity contribution in [3.8, 4) is 0 Å². The third kappa shape index (κ3) is 942. The molecule has 0 fully saturated rings. The Morgan fingerprint density at radius 3 is 1.20 bits per heavy atom. The van der Waals surface area contributed by atoms with Gasteiger partial charge in [-0.1, -0.05) is 0 Å². The van der Waals surface area contributed by atoms with E-state index >= 15 is 0 Å². The van der Waals surface area contributed by atoms with Crippen LogP contribution in [-0.2, 0) is 14.9 Å². The van der Waals surface area contributed by atoms with Gasteiger partial charge in [-0.3, -0.25) is 13.6 Å². The van der Waals surface area contributed by atoms with Gasteiger partial charge >= 0.3 is 57.3 Å². The zero-order chi connectivity index (χ0) is 8.08. The van der Waals surface area contributed by atoms with Gasteiger partial charge < -0.3 is 12.4 Å². The van der Waals surface area contributed by atoms with Crippen LogP contribution in [0.15, 0.2) is 0 Å². The van der Waals surface area contributed by atoms with E-state index in [0.717, 1.165) is 0 Å². The Bertz CT molecular complexity index is 164. The molecule has 0 aliphatic rings. The van der Waals surface area contributed by atoms with Gasteiger partial charge in [-0.25, -0.2) is 0 Å². The second-order valence-electron chi connectivity index (χ2n) is 0.730. The molecule has 10 heavy (non-hydrogen) atoms. The minimum absolute atomic E-state index is 0. The van der Waals surface area contributed by atoms with Crippen LogP contribution >= 0.6 is 0 Å². The smallest absolute Gasteiger partial charge is 1.00 e. The molecule has 0 radical (unpaired) electrons. The molecule has 4 N–H and O–H groups in total. The van der Waals surface area contributed by atoms with Gasteiger partial charge in [-0.15, -0.1) is 0 Å². The van der Waals surface area contributed by atoms with Crippen molar-refractivity contribution in [3.63, 3.8) is 0 Å². The van der Waals surface area contributed by atoms with Crippen LogP contribution in [0.3, 0.4) is 0 Å². The minimum Gasteiger partial charge on any atom is -1.00 e. The first-order valence-electron chi connectivity index (χ1n) is 1.35. The molecule has 7 nitrogen and oxygen atoms in total. The van der Waals surface area contributed by atoms with Crippen LogP contribution < -0.4 is 0 Å². The standard InChI is InChI=1S/Ca.H2O4S.H2O3Si.2H/c;1-5(2,3)4;1-4(2)3;;/h;(H2,1,2,3,4);1-2H;;/q+2;;;2*-1. The first-order valence-corrected chi connectivity index (χ1v) is 4.05. The van der Waals surface area contributed by atoms with Crippen molar-refractivity contribution < 1.29 is 34.4 Å². The zero-order valence-electron chi connectivity index (χ0n) is 6.63. The van der Waals surface area contributed by atoms with Crippen molar-refractivity contribution in [1.82, 2.24) is 0 Å². The molecule has 0 heterocycles. The fraction of sp³-hybridized carbons (Fsp3) is 0. The molecule has 0 aliphatic carbocycles. The second kappa shape index (κ2) is 7.85. The summed E-state index contributed by atoms with van der Waals surface area (Å²) in [5, 5.41) is 0. The van der Waals surface area contributed by atoms with Gasteiger partial charge in [0.1, 0.15) is 0 Å². The summed E-state index contributed by atoms with van der Waals surface area (Å²) in [5.41, 5.74) is 0. The van der Waals surface area contributed by atoms with Crippen molar-refractivity contribution >= 4 is 57.3 Å². The Labute approximate surface area is 91.1 Å². The van der Waals surface area contributed by atoms with E-state index in [-0.39, 0.29) is 40.6 Å². The van der Waals surface area contributed by atoms with E-state index in [4.69, 9.17) is 31.6 Å². The number of hydrogen-bond donors (Lipinski definition) is 4. The zero-order valence-corrected chi connectivity index (χ0v) is 8.65. The van der Waals surface area contributed by atoms with Crippen molar-refractivity contribution in [2.24, 2.45) is 0 Å². The van der Waals surface area contributed by atoms with E-state index in [9.17, 15) is 0 Å². The molecule has 0 spiro atoms. The van der Waals surface area contributed by atoms with Crippen LogP contribution in [0.4, 0.5) is 0 Å². The third-order valence-corrected chi connectivity index (χ3v) is 0. The first-order chi connectivity index (χ1) is 3.73. The average Bonchev–Trinajstić information content (AvgIpc) is 1.19. The largest absolute Gasteiger partial charge is 2.00 e. The van der Waals surface area contributed by atoms with Crippen LogP contribution in [0.1, 0.15) is 2.85 Å². The molecule has 0 bridgehead atoms. The maximum atomic E-state index is 8.74. The molecular weight excluding hydrogens is 212 g/mol. The Kier molecular flexibility index (Phi) is 13.4. The normalized spacial score (nSPS) is 8.20. The Hall–Kier alpha value is 0.747. The minimum atomic E-state index is -4.67. The van der Waals surface area contributed by atoms with Crippen LogP contribution in [0.5, 0.6) is 0 Å². The average molecular weight is 218 g/mol. The molecule has 60 valence electrons. The maximum absolute atomic E-state index is 8.74. The fourth-order valence-corrected chi connectivity index (χ4v) is 0. The Morgan fingerprint density at radius 2 is 1.20 bits per heavy atom. The predicted molar refractivity (Wildman–Crippen MR) is 33.0 cm³/mol. The van der Waals surface area contributed by atoms with Crippen molar-refractivity contribution in [1.29, 1.82) is 0 Å². The van der Waals surface area contributed by atoms with Gasteiger partial charge in [0.25, 0.3) is 0 Å². The summed E-state index contributed by atoms with van der Waals surface area (Å²) in [4.78, 5) is 14.3. The van der Waals surface area contributed by atoms with Gasteiger partial charge in [0.2, 0.25) is 0 Å². The summed E-state index contributed by atoms with van der Waals surface area (Å²) in [5.74, 6) is 0. The maximum Gasteiger partial charge on any atom is 2.00 e. The van der Waals surface area contributed by atoms with Crippen LogP contribution in [0, 0.1) is 0 Å². The quantitative estimate of drug-likeness (QED) is 0.262. The summed E-state index contributed by atoms with van der Waals surface area (Å²) in [6.45, 7) is 0. The Balaban J connectivity index is -0.0000000221. The van der Waals surface area contributed by atoms with Gasteiger partial charge in [0.05, 0.1) is 0 Å². The van der Waals surface area contributed by atoms with E-state index in [1.807, 2.05) is 0 Å². The molecule has 0 rings (SSSR count). The van der Waals surface area contributed by atoms with E-state index < -0.39 is 19.6 Å². The summed E-state index contributed by atoms with van der Waals surface area (Å²) in [6.07, 6.45) is 0. The molecule has 0 unspecified atom stereocenters. The van der Waals surface area contributed by atoms with Crippen molar-refractivity contribution in [2.75, 3.05) is 0 Å². The van der Waals surface area contributed by atoms with Crippen molar-refractivity contribution in [2.45, 2.75) is 0 Å². The summed E-state index contributed by atoms with van der Waals surface area (Å²) < 4.78 is 40.3. The Morgan fingerprint density at radius 1 is 1.20 bits per heavy atom. The van der Waals surface area contributed by atoms with Gasteiger partial charge in [-0.05, 0) is 0 Å². The summed E-state index contributed by atoms with van der Waals surface area (Å²) in [7, 11) is -7.80. The molecule has 0 saturated heterocycles. The second-order valence-corrected chi connectivity index (χ2v) is 2.19. The van der Waals surface area contributed by atoms with Crippen LogP contribution in [0.25, 0.3) is 0 Å². The van der Waals surface area contributed by atoms with E-state index in [0.29, 0.717) is 0 Å².